The number of nitrogens with one attached hydrogen (secondary N) is 2. The van der Waals surface area contributed by atoms with Crippen LogP contribution in [0.3, 0.4) is 0 Å². The van der Waals surface area contributed by atoms with E-state index in [9.17, 15) is 14.4 Å². The molecule has 0 bridgehead atoms. The number of rotatable bonds is 4. The van der Waals surface area contributed by atoms with Gasteiger partial charge in [-0.25, -0.2) is 5.01 Å². The third-order valence-electron chi connectivity index (χ3n) is 4.48. The summed E-state index contributed by atoms with van der Waals surface area (Å²) < 4.78 is 0. The summed E-state index contributed by atoms with van der Waals surface area (Å²) in [5, 5.41) is 4.33. The highest BCUT2D eigenvalue weighted by Gasteiger charge is 2.34. The first-order chi connectivity index (χ1) is 14.5. The molecule has 1 aliphatic rings. The van der Waals surface area contributed by atoms with E-state index in [2.05, 4.69) is 10.7 Å². The minimum absolute atomic E-state index is 0.00781. The molecule has 148 valence electrons. The van der Waals surface area contributed by atoms with E-state index in [1.807, 2.05) is 6.07 Å². The van der Waals surface area contributed by atoms with Crippen molar-refractivity contribution in [1.29, 1.82) is 0 Å². The van der Waals surface area contributed by atoms with Crippen molar-refractivity contribution in [2.24, 2.45) is 0 Å². The number of halogens is 1. The van der Waals surface area contributed by atoms with Crippen LogP contribution in [0.4, 0.5) is 11.4 Å². The predicted molar refractivity (Wildman–Crippen MR) is 116 cm³/mol. The maximum absolute atomic E-state index is 12.7. The van der Waals surface area contributed by atoms with Crippen molar-refractivity contribution < 1.29 is 14.4 Å². The third-order valence-corrected chi connectivity index (χ3v) is 4.81. The van der Waals surface area contributed by atoms with Crippen LogP contribution < -0.4 is 15.8 Å². The minimum Gasteiger partial charge on any atom is -0.322 e. The zero-order chi connectivity index (χ0) is 21.1. The Morgan fingerprint density at radius 3 is 2.43 bits per heavy atom. The zero-order valence-corrected chi connectivity index (χ0v) is 16.4. The lowest BCUT2D eigenvalue weighted by molar-refractivity contribution is -0.117. The van der Waals surface area contributed by atoms with Crippen molar-refractivity contribution in [3.8, 4) is 0 Å². The normalized spacial score (nSPS) is 14.7. The van der Waals surface area contributed by atoms with Gasteiger partial charge in [0.15, 0.2) is 0 Å². The van der Waals surface area contributed by atoms with E-state index >= 15 is 0 Å². The van der Waals surface area contributed by atoms with E-state index in [0.29, 0.717) is 27.5 Å². The zero-order valence-electron chi connectivity index (χ0n) is 15.6. The molecule has 0 aliphatic carbocycles. The molecule has 1 heterocycles. The van der Waals surface area contributed by atoms with Gasteiger partial charge in [-0.2, -0.15) is 0 Å². The second-order valence-electron chi connectivity index (χ2n) is 6.53. The summed E-state index contributed by atoms with van der Waals surface area (Å²) in [5.41, 5.74) is 4.60. The van der Waals surface area contributed by atoms with Gasteiger partial charge in [-0.3, -0.25) is 19.8 Å². The fourth-order valence-electron chi connectivity index (χ4n) is 3.03. The minimum atomic E-state index is -0.491. The van der Waals surface area contributed by atoms with Crippen molar-refractivity contribution in [2.45, 2.75) is 0 Å². The summed E-state index contributed by atoms with van der Waals surface area (Å²) in [6, 6.07) is 22.4. The summed E-state index contributed by atoms with van der Waals surface area (Å²) in [6.45, 7) is 0. The van der Waals surface area contributed by atoms with Gasteiger partial charge in [-0.05, 0) is 48.0 Å². The van der Waals surface area contributed by atoms with Crippen LogP contribution in [0.25, 0.3) is 6.08 Å². The van der Waals surface area contributed by atoms with Crippen molar-refractivity contribution in [2.75, 3.05) is 10.3 Å². The SMILES string of the molecule is O=C1NN(c2ccccc2)C(=O)/C1=C\c1cccc(NC(=O)c2ccccc2Cl)c1. The molecule has 0 unspecified atom stereocenters. The number of amides is 3. The Hall–Kier alpha value is -3.90. The van der Waals surface area contributed by atoms with Gasteiger partial charge in [0, 0.05) is 5.69 Å². The number of carbonyl (C=O) groups excluding carboxylic acids is 3. The molecule has 1 aliphatic heterocycles. The van der Waals surface area contributed by atoms with Gasteiger partial charge in [0.1, 0.15) is 5.57 Å². The molecule has 3 amide bonds. The second-order valence-corrected chi connectivity index (χ2v) is 6.94. The molecule has 7 heteroatoms. The molecule has 0 aromatic heterocycles. The lowest BCUT2D eigenvalue weighted by atomic mass is 10.1. The molecule has 3 aromatic carbocycles. The van der Waals surface area contributed by atoms with Crippen molar-refractivity contribution >= 4 is 46.8 Å². The first-order valence-electron chi connectivity index (χ1n) is 9.11. The summed E-state index contributed by atoms with van der Waals surface area (Å²) >= 11 is 6.07. The Balaban J connectivity index is 1.56. The molecular formula is C23H16ClN3O3. The lowest BCUT2D eigenvalue weighted by Gasteiger charge is -2.13. The Morgan fingerprint density at radius 1 is 0.933 bits per heavy atom. The largest absolute Gasteiger partial charge is 0.322 e. The van der Waals surface area contributed by atoms with Crippen LogP contribution in [-0.4, -0.2) is 17.7 Å². The van der Waals surface area contributed by atoms with E-state index in [1.54, 1.807) is 72.8 Å². The fourth-order valence-corrected chi connectivity index (χ4v) is 3.25. The Kier molecular flexibility index (Phi) is 5.32. The molecule has 30 heavy (non-hydrogen) atoms. The molecule has 6 nitrogen and oxygen atoms in total. The first kappa shape index (κ1) is 19.4. The van der Waals surface area contributed by atoms with Crippen molar-refractivity contribution in [3.05, 3.63) is 101 Å². The predicted octanol–water partition coefficient (Wildman–Crippen LogP) is 4.05. The second kappa shape index (κ2) is 8.23. The fraction of sp³-hybridized carbons (Fsp3) is 0. The van der Waals surface area contributed by atoms with Gasteiger partial charge in [-0.15, -0.1) is 0 Å². The smallest absolute Gasteiger partial charge is 0.282 e. The third kappa shape index (κ3) is 3.94. The van der Waals surface area contributed by atoms with Crippen LogP contribution in [0.2, 0.25) is 5.02 Å². The highest BCUT2D eigenvalue weighted by atomic mass is 35.5. The summed E-state index contributed by atoms with van der Waals surface area (Å²) in [7, 11) is 0. The topological polar surface area (TPSA) is 78.5 Å². The monoisotopic (exact) mass is 417 g/mol. The van der Waals surface area contributed by atoms with E-state index in [1.165, 1.54) is 11.1 Å². The van der Waals surface area contributed by atoms with Crippen LogP contribution in [0.1, 0.15) is 15.9 Å². The maximum Gasteiger partial charge on any atom is 0.282 e. The van der Waals surface area contributed by atoms with Gasteiger partial charge in [0.25, 0.3) is 17.7 Å². The molecule has 0 atom stereocenters. The van der Waals surface area contributed by atoms with Gasteiger partial charge in [0.2, 0.25) is 0 Å². The number of hydrazine groups is 1. The van der Waals surface area contributed by atoms with E-state index in [-0.39, 0.29) is 11.5 Å². The maximum atomic E-state index is 12.7. The number of nitrogens with zero attached hydrogens (tertiary/aromatic N) is 1. The molecule has 4 rings (SSSR count). The lowest BCUT2D eigenvalue weighted by Crippen LogP contribution is -2.35. The van der Waals surface area contributed by atoms with Gasteiger partial charge in [-0.1, -0.05) is 54.1 Å². The van der Waals surface area contributed by atoms with Crippen molar-refractivity contribution in [3.63, 3.8) is 0 Å². The first-order valence-corrected chi connectivity index (χ1v) is 9.49. The van der Waals surface area contributed by atoms with E-state index in [4.69, 9.17) is 11.6 Å². The molecule has 1 saturated heterocycles. The van der Waals surface area contributed by atoms with Gasteiger partial charge < -0.3 is 5.32 Å². The highest BCUT2D eigenvalue weighted by molar-refractivity contribution is 6.34. The molecule has 0 saturated carbocycles. The van der Waals surface area contributed by atoms with Crippen LogP contribution in [-0.2, 0) is 9.59 Å². The number of anilines is 2. The summed E-state index contributed by atoms with van der Waals surface area (Å²) in [5.74, 6) is -1.29. The van der Waals surface area contributed by atoms with E-state index in [0.717, 1.165) is 0 Å². The number of benzene rings is 3. The Bertz CT molecular complexity index is 1180. The van der Waals surface area contributed by atoms with Crippen LogP contribution in [0.15, 0.2) is 84.4 Å². The summed E-state index contributed by atoms with van der Waals surface area (Å²) in [6.07, 6.45) is 1.49. The Morgan fingerprint density at radius 2 is 1.67 bits per heavy atom. The molecular weight excluding hydrogens is 402 g/mol. The van der Waals surface area contributed by atoms with Crippen molar-refractivity contribution in [1.82, 2.24) is 5.43 Å². The molecule has 2 N–H and O–H groups in total. The number of hydrogen-bond acceptors (Lipinski definition) is 3. The average molecular weight is 418 g/mol. The molecule has 1 fully saturated rings. The quantitative estimate of drug-likeness (QED) is 0.496. The summed E-state index contributed by atoms with van der Waals surface area (Å²) in [4.78, 5) is 37.5. The van der Waals surface area contributed by atoms with Gasteiger partial charge >= 0.3 is 0 Å². The number of carbonyl (C=O) groups is 3. The number of hydrogen-bond donors (Lipinski definition) is 2. The Labute approximate surface area is 177 Å². The van der Waals surface area contributed by atoms with E-state index < -0.39 is 11.8 Å². The molecule has 3 aromatic rings. The standard InChI is InChI=1S/C23H16ClN3O3/c24-20-12-5-4-11-18(20)21(28)25-16-8-6-7-15(13-16)14-19-22(29)26-27(23(19)30)17-9-2-1-3-10-17/h1-14H,(H,25,28)(H,26,29)/b19-14-. The van der Waals surface area contributed by atoms with Crippen LogP contribution in [0, 0.1) is 0 Å². The average Bonchev–Trinajstić information content (AvgIpc) is 3.03. The number of para-hydroxylation sites is 1. The highest BCUT2D eigenvalue weighted by Crippen LogP contribution is 2.23. The molecule has 0 spiro atoms. The molecule has 0 radical (unpaired) electrons. The van der Waals surface area contributed by atoms with Gasteiger partial charge in [0.05, 0.1) is 16.3 Å². The van der Waals surface area contributed by atoms with Crippen LogP contribution in [0.5, 0.6) is 0 Å². The van der Waals surface area contributed by atoms with Crippen LogP contribution >= 0.6 is 11.6 Å².